The normalized spacial score (nSPS) is 12.7. The predicted molar refractivity (Wildman–Crippen MR) is 234 cm³/mol. The Kier molecular flexibility index (Phi) is 12.2. The zero-order chi connectivity index (χ0) is 37.9. The number of rotatable bonds is 7. The zero-order valence-corrected chi connectivity index (χ0v) is 32.3. The van der Waals surface area contributed by atoms with E-state index in [-0.39, 0.29) is 5.41 Å². The SMILES string of the molecule is CC.Cc1ccc(-c2ccc3c(c2)C(C)(C)C(N)=C3/C=C\Cc2cc(-c3ccccc3)cc(-c3ccccc3)c2)cc1.c1ccc(-c2ccccc2)cc1. The van der Waals surface area contributed by atoms with Gasteiger partial charge in [0.25, 0.3) is 0 Å². The third kappa shape index (κ3) is 8.71. The minimum Gasteiger partial charge on any atom is -0.401 e. The van der Waals surface area contributed by atoms with Gasteiger partial charge in [-0.15, -0.1) is 0 Å². The first-order chi connectivity index (χ1) is 26.4. The molecule has 0 fully saturated rings. The minimum atomic E-state index is -0.219. The van der Waals surface area contributed by atoms with E-state index in [0.717, 1.165) is 17.7 Å². The number of hydrogen-bond acceptors (Lipinski definition) is 1. The van der Waals surface area contributed by atoms with Crippen LogP contribution >= 0.6 is 0 Å². The molecule has 0 spiro atoms. The lowest BCUT2D eigenvalue weighted by atomic mass is 9.83. The van der Waals surface area contributed by atoms with Gasteiger partial charge in [-0.05, 0) is 86.7 Å². The van der Waals surface area contributed by atoms with Crippen LogP contribution in [0.5, 0.6) is 0 Å². The minimum absolute atomic E-state index is 0.219. The maximum Gasteiger partial charge on any atom is 0.0304 e. The van der Waals surface area contributed by atoms with Gasteiger partial charge >= 0.3 is 0 Å². The summed E-state index contributed by atoms with van der Waals surface area (Å²) in [6.45, 7) is 10.6. The van der Waals surface area contributed by atoms with Crippen LogP contribution in [0.2, 0.25) is 0 Å². The molecule has 268 valence electrons. The smallest absolute Gasteiger partial charge is 0.0304 e. The maximum atomic E-state index is 6.82. The lowest BCUT2D eigenvalue weighted by Crippen LogP contribution is -2.22. The van der Waals surface area contributed by atoms with E-state index in [1.54, 1.807) is 0 Å². The second-order valence-corrected chi connectivity index (χ2v) is 14.1. The summed E-state index contributed by atoms with van der Waals surface area (Å²) in [5.74, 6) is 0. The molecule has 0 bridgehead atoms. The van der Waals surface area contributed by atoms with E-state index in [1.807, 2.05) is 26.0 Å². The van der Waals surface area contributed by atoms with Crippen molar-refractivity contribution in [1.82, 2.24) is 0 Å². The highest BCUT2D eigenvalue weighted by molar-refractivity contribution is 5.87. The summed E-state index contributed by atoms with van der Waals surface area (Å²) in [5.41, 5.74) is 23.7. The van der Waals surface area contributed by atoms with Crippen molar-refractivity contribution in [1.29, 1.82) is 0 Å². The molecule has 7 aromatic carbocycles. The first kappa shape index (κ1) is 37.6. The van der Waals surface area contributed by atoms with Crippen molar-refractivity contribution in [3.8, 4) is 44.5 Å². The van der Waals surface area contributed by atoms with Crippen molar-refractivity contribution < 1.29 is 0 Å². The quantitative estimate of drug-likeness (QED) is 0.176. The van der Waals surface area contributed by atoms with E-state index in [1.165, 1.54) is 66.8 Å². The van der Waals surface area contributed by atoms with E-state index >= 15 is 0 Å². The molecular weight excluding hydrogens is 651 g/mol. The molecule has 0 amide bonds. The molecule has 0 aromatic heterocycles. The fourth-order valence-electron chi connectivity index (χ4n) is 7.01. The number of aryl methyl sites for hydroxylation is 1. The van der Waals surface area contributed by atoms with Gasteiger partial charge in [0.2, 0.25) is 0 Å². The molecular formula is C53H51N. The Morgan fingerprint density at radius 1 is 0.463 bits per heavy atom. The third-order valence-electron chi connectivity index (χ3n) is 10.1. The van der Waals surface area contributed by atoms with E-state index in [0.29, 0.717) is 0 Å². The Morgan fingerprint density at radius 2 is 0.870 bits per heavy atom. The number of nitrogens with two attached hydrogens (primary N) is 1. The van der Waals surface area contributed by atoms with Crippen molar-refractivity contribution in [2.45, 2.75) is 46.5 Å². The predicted octanol–water partition coefficient (Wildman–Crippen LogP) is 14.1. The Balaban J connectivity index is 0.000000299. The van der Waals surface area contributed by atoms with Crippen molar-refractivity contribution in [2.24, 2.45) is 5.73 Å². The number of benzene rings is 7. The fourth-order valence-corrected chi connectivity index (χ4v) is 7.01. The second kappa shape index (κ2) is 17.6. The van der Waals surface area contributed by atoms with Crippen LogP contribution in [0.25, 0.3) is 50.1 Å². The Morgan fingerprint density at radius 3 is 1.33 bits per heavy atom. The number of allylic oxidation sites excluding steroid dienone is 4. The van der Waals surface area contributed by atoms with Crippen LogP contribution in [0.15, 0.2) is 200 Å². The highest BCUT2D eigenvalue weighted by Gasteiger charge is 2.35. The van der Waals surface area contributed by atoms with Gasteiger partial charge < -0.3 is 5.73 Å². The molecule has 0 saturated carbocycles. The Hall–Kier alpha value is -6.18. The van der Waals surface area contributed by atoms with Crippen molar-refractivity contribution in [2.75, 3.05) is 0 Å². The number of fused-ring (bicyclic) bond motifs is 1. The molecule has 1 heteroatoms. The van der Waals surface area contributed by atoms with E-state index < -0.39 is 0 Å². The maximum absolute atomic E-state index is 6.82. The summed E-state index contributed by atoms with van der Waals surface area (Å²) in [6, 6.07) is 64.5. The number of hydrogen-bond donors (Lipinski definition) is 1. The van der Waals surface area contributed by atoms with Crippen LogP contribution in [0.3, 0.4) is 0 Å². The second-order valence-electron chi connectivity index (χ2n) is 14.1. The topological polar surface area (TPSA) is 26.0 Å². The molecule has 0 atom stereocenters. The molecule has 1 nitrogen and oxygen atoms in total. The Labute approximate surface area is 323 Å². The highest BCUT2D eigenvalue weighted by Crippen LogP contribution is 2.46. The molecule has 1 aliphatic rings. The summed E-state index contributed by atoms with van der Waals surface area (Å²) in [7, 11) is 0. The summed E-state index contributed by atoms with van der Waals surface area (Å²) in [6.07, 6.45) is 5.32. The molecule has 0 aliphatic heterocycles. The average molecular weight is 702 g/mol. The van der Waals surface area contributed by atoms with Gasteiger partial charge in [-0.25, -0.2) is 0 Å². The first-order valence-corrected chi connectivity index (χ1v) is 19.1. The molecule has 0 saturated heterocycles. The van der Waals surface area contributed by atoms with Crippen molar-refractivity contribution in [3.63, 3.8) is 0 Å². The van der Waals surface area contributed by atoms with Gasteiger partial charge in [-0.3, -0.25) is 0 Å². The van der Waals surface area contributed by atoms with Crippen LogP contribution in [-0.4, -0.2) is 0 Å². The average Bonchev–Trinajstić information content (AvgIpc) is 3.43. The van der Waals surface area contributed by atoms with E-state index in [9.17, 15) is 0 Å². The van der Waals surface area contributed by atoms with Gasteiger partial charge in [0, 0.05) is 16.7 Å². The van der Waals surface area contributed by atoms with Gasteiger partial charge in [0.1, 0.15) is 0 Å². The largest absolute Gasteiger partial charge is 0.401 e. The molecule has 8 rings (SSSR count). The lowest BCUT2D eigenvalue weighted by Gasteiger charge is -2.22. The molecule has 0 heterocycles. The van der Waals surface area contributed by atoms with Crippen LogP contribution in [0.4, 0.5) is 0 Å². The molecule has 7 aromatic rings. The van der Waals surface area contributed by atoms with Gasteiger partial charge in [0.05, 0.1) is 0 Å². The highest BCUT2D eigenvalue weighted by atomic mass is 14.7. The first-order valence-electron chi connectivity index (χ1n) is 19.1. The van der Waals surface area contributed by atoms with Crippen LogP contribution in [0.1, 0.15) is 49.9 Å². The van der Waals surface area contributed by atoms with Gasteiger partial charge in [-0.2, -0.15) is 0 Å². The summed E-state index contributed by atoms with van der Waals surface area (Å²) in [5, 5.41) is 0. The van der Waals surface area contributed by atoms with Gasteiger partial charge in [-0.1, -0.05) is 215 Å². The Bertz CT molecular complexity index is 2220. The standard InChI is InChI=1S/C39H35N.C12H10.C2H6/c1-27-17-19-31(20-18-27)32-21-22-35-36(38(40)39(2,3)37(35)26-32)16-10-11-28-23-33(29-12-6-4-7-13-29)25-34(24-28)30-14-8-5-9-15-30;1-3-7-11(8-4-1)12-9-5-2-6-10-12;1-2/h4-10,12-26H,11,40H2,1-3H3;1-10H;1-2H3/b16-10-;;. The fraction of sp³-hybridized carbons (Fsp3) is 0.132. The van der Waals surface area contributed by atoms with E-state index in [4.69, 9.17) is 5.73 Å². The van der Waals surface area contributed by atoms with Crippen molar-refractivity contribution >= 4 is 5.57 Å². The molecule has 0 radical (unpaired) electrons. The summed E-state index contributed by atoms with van der Waals surface area (Å²) < 4.78 is 0. The summed E-state index contributed by atoms with van der Waals surface area (Å²) in [4.78, 5) is 0. The molecule has 54 heavy (non-hydrogen) atoms. The van der Waals surface area contributed by atoms with Crippen LogP contribution in [-0.2, 0) is 11.8 Å². The summed E-state index contributed by atoms with van der Waals surface area (Å²) >= 11 is 0. The molecule has 0 unspecified atom stereocenters. The van der Waals surface area contributed by atoms with Crippen LogP contribution < -0.4 is 5.73 Å². The zero-order valence-electron chi connectivity index (χ0n) is 32.3. The van der Waals surface area contributed by atoms with Gasteiger partial charge in [0.15, 0.2) is 0 Å². The van der Waals surface area contributed by atoms with Crippen molar-refractivity contribution in [3.05, 3.63) is 222 Å². The third-order valence-corrected chi connectivity index (χ3v) is 10.1. The lowest BCUT2D eigenvalue weighted by molar-refractivity contribution is 0.631. The van der Waals surface area contributed by atoms with Crippen LogP contribution in [0, 0.1) is 6.92 Å². The molecule has 2 N–H and O–H groups in total. The molecule has 1 aliphatic carbocycles. The monoisotopic (exact) mass is 701 g/mol. The van der Waals surface area contributed by atoms with E-state index in [2.05, 4.69) is 203 Å².